The number of Topliss-reactive ketones (excluding diaryl/α,β-unsaturated/α-hetero) is 2. The van der Waals surface area contributed by atoms with Crippen molar-refractivity contribution in [3.63, 3.8) is 0 Å². The number of ketones is 2. The second-order valence-corrected chi connectivity index (χ2v) is 13.2. The van der Waals surface area contributed by atoms with Crippen LogP contribution in [-0.2, 0) is 20.7 Å². The van der Waals surface area contributed by atoms with Crippen LogP contribution in [0.5, 0.6) is 17.2 Å². The molecule has 3 heterocycles. The number of carboxylic acid groups (broad SMARTS) is 1. The molecule has 1 saturated carbocycles. The summed E-state index contributed by atoms with van der Waals surface area (Å²) in [6.07, 6.45) is 9.54. The molecule has 1 saturated heterocycles. The third-order valence-electron chi connectivity index (χ3n) is 9.37. The summed E-state index contributed by atoms with van der Waals surface area (Å²) in [6, 6.07) is 0. The van der Waals surface area contributed by atoms with E-state index in [1.54, 1.807) is 12.2 Å². The van der Waals surface area contributed by atoms with Crippen LogP contribution in [0.1, 0.15) is 82.8 Å². The maximum absolute atomic E-state index is 14.5. The number of carbonyl (C=O) groups is 3. The van der Waals surface area contributed by atoms with Crippen LogP contribution in [0.2, 0.25) is 0 Å². The number of phenols is 1. The van der Waals surface area contributed by atoms with E-state index in [0.29, 0.717) is 35.3 Å². The molecule has 41 heavy (non-hydrogen) atoms. The number of carboxylic acids is 1. The zero-order valence-electron chi connectivity index (χ0n) is 24.5. The van der Waals surface area contributed by atoms with Crippen LogP contribution in [0.15, 0.2) is 41.0 Å². The molecule has 3 aliphatic heterocycles. The van der Waals surface area contributed by atoms with Crippen molar-refractivity contribution in [1.29, 1.82) is 0 Å². The summed E-state index contributed by atoms with van der Waals surface area (Å²) >= 11 is 0. The summed E-state index contributed by atoms with van der Waals surface area (Å²) in [6.45, 7) is 13.0. The maximum Gasteiger partial charge on any atom is 0.330 e. The predicted octanol–water partition coefficient (Wildman–Crippen LogP) is 5.51. The first kappa shape index (κ1) is 27.5. The van der Waals surface area contributed by atoms with Crippen LogP contribution in [-0.4, -0.2) is 50.2 Å². The summed E-state index contributed by atoms with van der Waals surface area (Å²) in [5.41, 5.74) is -2.14. The molecule has 4 bridgehead atoms. The van der Waals surface area contributed by atoms with Crippen LogP contribution >= 0.6 is 0 Å². The average molecular weight is 561 g/mol. The molecule has 0 radical (unpaired) electrons. The third-order valence-corrected chi connectivity index (χ3v) is 9.37. The zero-order chi connectivity index (χ0) is 29.9. The largest absolute Gasteiger partial charge is 0.506 e. The molecule has 0 aromatic heterocycles. The lowest BCUT2D eigenvalue weighted by atomic mass is 9.51. The standard InChI is InChI=1S/C33H36O8/c1-16(2)8-9-20-26-19(11-12-30(4,5)39-26)24(34)23-25(35)21-14-18-15-22-31(6,7)41-32(28(18)36,13-10-17(3)29(37)38)33(21,22)40-27(20)23/h8,10-12,14,18,22,34H,9,13,15H2,1-7H3,(H,37,38)/b17-10-/t18-,22-,32-,33+/m1/s1. The fraction of sp³-hybridized carbons (Fsp3) is 0.485. The van der Waals surface area contributed by atoms with Crippen LogP contribution in [0.25, 0.3) is 6.08 Å². The van der Waals surface area contributed by atoms with Gasteiger partial charge in [0.2, 0.25) is 0 Å². The van der Waals surface area contributed by atoms with Gasteiger partial charge in [-0.1, -0.05) is 23.8 Å². The minimum Gasteiger partial charge on any atom is -0.506 e. The van der Waals surface area contributed by atoms with Crippen molar-refractivity contribution in [3.05, 3.63) is 57.7 Å². The van der Waals surface area contributed by atoms with Crippen molar-refractivity contribution in [3.8, 4) is 17.2 Å². The Kier molecular flexibility index (Phi) is 5.67. The molecule has 3 aliphatic carbocycles. The number of aliphatic carboxylic acids is 1. The van der Waals surface area contributed by atoms with E-state index in [1.807, 2.05) is 53.7 Å². The van der Waals surface area contributed by atoms with E-state index in [0.717, 1.165) is 5.57 Å². The molecule has 1 aromatic carbocycles. The van der Waals surface area contributed by atoms with Crippen molar-refractivity contribution < 1.29 is 38.8 Å². The average Bonchev–Trinajstić information content (AvgIpc) is 3.03. The minimum atomic E-state index is -1.61. The molecule has 7 rings (SSSR count). The predicted molar refractivity (Wildman–Crippen MR) is 151 cm³/mol. The Hall–Kier alpha value is -3.65. The fourth-order valence-electron chi connectivity index (χ4n) is 7.44. The quantitative estimate of drug-likeness (QED) is 0.357. The summed E-state index contributed by atoms with van der Waals surface area (Å²) in [5.74, 6) is -2.29. The fourth-order valence-corrected chi connectivity index (χ4v) is 7.44. The van der Waals surface area contributed by atoms with Gasteiger partial charge in [-0.2, -0.15) is 0 Å². The van der Waals surface area contributed by atoms with Gasteiger partial charge in [0, 0.05) is 35.0 Å². The monoisotopic (exact) mass is 560 g/mol. The number of aromatic hydroxyl groups is 1. The van der Waals surface area contributed by atoms with Crippen molar-refractivity contribution >= 4 is 23.6 Å². The zero-order valence-corrected chi connectivity index (χ0v) is 24.5. The van der Waals surface area contributed by atoms with Crippen LogP contribution in [0, 0.1) is 11.8 Å². The van der Waals surface area contributed by atoms with Crippen LogP contribution in [0.3, 0.4) is 0 Å². The highest BCUT2D eigenvalue weighted by molar-refractivity contribution is 6.19. The minimum absolute atomic E-state index is 0.0513. The van der Waals surface area contributed by atoms with E-state index >= 15 is 0 Å². The van der Waals surface area contributed by atoms with Crippen molar-refractivity contribution in [2.24, 2.45) is 11.8 Å². The highest BCUT2D eigenvalue weighted by Gasteiger charge is 2.81. The SMILES string of the molecule is CC(C)=CCc1c2c(c(O)c3c1O[C@@]14C(=C[C@@H]5C[C@@H]1C(C)(C)O[C@]4(C/C=C(/C)C(=O)O)C5=O)C3=O)C=CC(C)(C)O2. The molecule has 8 nitrogen and oxygen atoms in total. The highest BCUT2D eigenvalue weighted by Crippen LogP contribution is 2.68. The van der Waals surface area contributed by atoms with Gasteiger partial charge >= 0.3 is 5.97 Å². The number of fused-ring (bicyclic) bond motifs is 2. The number of ether oxygens (including phenoxy) is 3. The number of benzene rings is 1. The van der Waals surface area contributed by atoms with E-state index in [1.165, 1.54) is 13.0 Å². The Bertz CT molecular complexity index is 1560. The summed E-state index contributed by atoms with van der Waals surface area (Å²) in [4.78, 5) is 40.4. The molecule has 6 aliphatic rings. The lowest BCUT2D eigenvalue weighted by Gasteiger charge is -2.56. The summed E-state index contributed by atoms with van der Waals surface area (Å²) in [7, 11) is 0. The lowest BCUT2D eigenvalue weighted by molar-refractivity contribution is -0.171. The highest BCUT2D eigenvalue weighted by atomic mass is 16.6. The van der Waals surface area contributed by atoms with E-state index < -0.39 is 40.1 Å². The number of hydrogen-bond donors (Lipinski definition) is 2. The number of phenolic OH excluding ortho intramolecular Hbond substituents is 1. The van der Waals surface area contributed by atoms with Crippen molar-refractivity contribution in [1.82, 2.24) is 0 Å². The molecular weight excluding hydrogens is 524 g/mol. The number of allylic oxidation sites excluding steroid dienone is 3. The van der Waals surface area contributed by atoms with Crippen molar-refractivity contribution in [2.45, 2.75) is 90.1 Å². The molecule has 0 amide bonds. The van der Waals surface area contributed by atoms with Gasteiger partial charge in [0.15, 0.2) is 22.8 Å². The molecule has 2 N–H and O–H groups in total. The first-order valence-electron chi connectivity index (χ1n) is 14.1. The third kappa shape index (κ3) is 3.52. The topological polar surface area (TPSA) is 119 Å². The molecule has 2 fully saturated rings. The van der Waals surface area contributed by atoms with E-state index in [9.17, 15) is 24.6 Å². The second kappa shape index (κ2) is 8.44. The summed E-state index contributed by atoms with van der Waals surface area (Å²) in [5, 5.41) is 21.1. The van der Waals surface area contributed by atoms with Gasteiger partial charge in [-0.05, 0) is 73.5 Å². The first-order chi connectivity index (χ1) is 19.1. The molecule has 1 spiro atoms. The Labute approximate surface area is 239 Å². The molecule has 8 heteroatoms. The Morgan fingerprint density at radius 3 is 2.44 bits per heavy atom. The number of hydrogen-bond acceptors (Lipinski definition) is 7. The molecule has 1 aromatic rings. The smallest absolute Gasteiger partial charge is 0.330 e. The van der Waals surface area contributed by atoms with E-state index in [-0.39, 0.29) is 40.8 Å². The van der Waals surface area contributed by atoms with Gasteiger partial charge in [0.25, 0.3) is 0 Å². The van der Waals surface area contributed by atoms with E-state index in [4.69, 9.17) is 14.2 Å². The maximum atomic E-state index is 14.5. The van der Waals surface area contributed by atoms with Gasteiger partial charge in [-0.3, -0.25) is 9.59 Å². The Morgan fingerprint density at radius 1 is 1.07 bits per heavy atom. The Morgan fingerprint density at radius 2 is 1.78 bits per heavy atom. The molecule has 4 atom stereocenters. The van der Waals surface area contributed by atoms with Crippen molar-refractivity contribution in [2.75, 3.05) is 0 Å². The van der Waals surface area contributed by atoms with Gasteiger partial charge in [-0.15, -0.1) is 0 Å². The molecular formula is C33H36O8. The van der Waals surface area contributed by atoms with Gasteiger partial charge in [0.05, 0.1) is 11.2 Å². The first-order valence-corrected chi connectivity index (χ1v) is 14.1. The van der Waals surface area contributed by atoms with Crippen LogP contribution in [0.4, 0.5) is 0 Å². The number of carbonyl (C=O) groups excluding carboxylic acids is 2. The molecule has 216 valence electrons. The van der Waals surface area contributed by atoms with Gasteiger partial charge in [-0.25, -0.2) is 4.79 Å². The lowest BCUT2D eigenvalue weighted by Crippen LogP contribution is -2.72. The number of rotatable bonds is 5. The van der Waals surface area contributed by atoms with Gasteiger partial charge in [0.1, 0.15) is 28.4 Å². The van der Waals surface area contributed by atoms with E-state index in [2.05, 4.69) is 0 Å². The van der Waals surface area contributed by atoms with Crippen LogP contribution < -0.4 is 9.47 Å². The normalized spacial score (nSPS) is 31.4. The second-order valence-electron chi connectivity index (χ2n) is 13.2. The van der Waals surface area contributed by atoms with Gasteiger partial charge < -0.3 is 24.4 Å². The summed E-state index contributed by atoms with van der Waals surface area (Å²) < 4.78 is 20.1. The molecule has 0 unspecified atom stereocenters. The Balaban J connectivity index is 1.66.